The van der Waals surface area contributed by atoms with E-state index < -0.39 is 0 Å². The van der Waals surface area contributed by atoms with Gasteiger partial charge in [-0.15, -0.1) is 0 Å². The van der Waals surface area contributed by atoms with Gasteiger partial charge in [0.2, 0.25) is 0 Å². The van der Waals surface area contributed by atoms with Gasteiger partial charge in [-0.1, -0.05) is 13.3 Å². The largest absolute Gasteiger partial charge is 0.302 e. The van der Waals surface area contributed by atoms with Crippen LogP contribution in [0.15, 0.2) is 0 Å². The average Bonchev–Trinajstić information content (AvgIpc) is 2.23. The molecule has 94 valence electrons. The molecule has 2 rings (SSSR count). The van der Waals surface area contributed by atoms with Gasteiger partial charge in [0.25, 0.3) is 0 Å². The fourth-order valence-corrected chi connectivity index (χ4v) is 3.10. The Bertz CT molecular complexity index is 201. The van der Waals surface area contributed by atoms with E-state index >= 15 is 0 Å². The standard InChI is InChI=1S/C14H28N2/c1-4-13-9-15(10-13)11-14-5-7-16(8-6-14)12(2)3/h12-14H,4-11H2,1-3H3. The fraction of sp³-hybridized carbons (Fsp3) is 1.00. The van der Waals surface area contributed by atoms with Crippen molar-refractivity contribution in [3.63, 3.8) is 0 Å². The van der Waals surface area contributed by atoms with E-state index in [1.165, 1.54) is 52.0 Å². The van der Waals surface area contributed by atoms with Gasteiger partial charge in [0, 0.05) is 25.7 Å². The van der Waals surface area contributed by atoms with Gasteiger partial charge in [0.15, 0.2) is 0 Å². The molecule has 0 aromatic carbocycles. The smallest absolute Gasteiger partial charge is 0.00385 e. The Labute approximate surface area is 101 Å². The van der Waals surface area contributed by atoms with Gasteiger partial charge in [-0.05, 0) is 51.6 Å². The van der Waals surface area contributed by atoms with Crippen molar-refractivity contribution in [2.45, 2.75) is 46.1 Å². The molecule has 2 heteroatoms. The summed E-state index contributed by atoms with van der Waals surface area (Å²) in [5, 5.41) is 0. The zero-order valence-electron chi connectivity index (χ0n) is 11.3. The Balaban J connectivity index is 1.63. The lowest BCUT2D eigenvalue weighted by atomic mass is 9.91. The second-order valence-electron chi connectivity index (χ2n) is 6.07. The zero-order chi connectivity index (χ0) is 11.5. The first-order valence-electron chi connectivity index (χ1n) is 7.15. The molecule has 0 aromatic heterocycles. The maximum atomic E-state index is 2.67. The predicted molar refractivity (Wildman–Crippen MR) is 69.7 cm³/mol. The van der Waals surface area contributed by atoms with Crippen molar-refractivity contribution in [1.29, 1.82) is 0 Å². The second-order valence-corrected chi connectivity index (χ2v) is 6.07. The Kier molecular flexibility index (Phi) is 4.26. The van der Waals surface area contributed by atoms with Gasteiger partial charge in [0.1, 0.15) is 0 Å². The summed E-state index contributed by atoms with van der Waals surface area (Å²) in [6.07, 6.45) is 4.22. The first-order valence-corrected chi connectivity index (χ1v) is 7.15. The highest BCUT2D eigenvalue weighted by Gasteiger charge is 2.28. The fourth-order valence-electron chi connectivity index (χ4n) is 3.10. The molecule has 2 aliphatic heterocycles. The first kappa shape index (κ1) is 12.4. The predicted octanol–water partition coefficient (Wildman–Crippen LogP) is 2.45. The van der Waals surface area contributed by atoms with Crippen LogP contribution in [0.3, 0.4) is 0 Å². The highest BCUT2D eigenvalue weighted by atomic mass is 15.2. The summed E-state index contributed by atoms with van der Waals surface area (Å²) in [4.78, 5) is 5.30. The number of hydrogen-bond acceptors (Lipinski definition) is 2. The Hall–Kier alpha value is -0.0800. The van der Waals surface area contributed by atoms with Crippen molar-refractivity contribution in [3.8, 4) is 0 Å². The molecule has 0 N–H and O–H groups in total. The summed E-state index contributed by atoms with van der Waals surface area (Å²) in [6.45, 7) is 13.7. The third-order valence-corrected chi connectivity index (χ3v) is 4.51. The molecule has 0 bridgehead atoms. The molecule has 2 nitrogen and oxygen atoms in total. The molecule has 2 heterocycles. The molecule has 0 amide bonds. The number of piperidine rings is 1. The van der Waals surface area contributed by atoms with Crippen LogP contribution in [-0.2, 0) is 0 Å². The van der Waals surface area contributed by atoms with Crippen molar-refractivity contribution >= 4 is 0 Å². The van der Waals surface area contributed by atoms with Crippen molar-refractivity contribution in [2.24, 2.45) is 11.8 Å². The van der Waals surface area contributed by atoms with Crippen LogP contribution in [0.1, 0.15) is 40.0 Å². The zero-order valence-corrected chi connectivity index (χ0v) is 11.3. The van der Waals surface area contributed by atoms with E-state index in [2.05, 4.69) is 30.6 Å². The van der Waals surface area contributed by atoms with Crippen LogP contribution in [0.25, 0.3) is 0 Å². The van der Waals surface area contributed by atoms with E-state index in [9.17, 15) is 0 Å². The van der Waals surface area contributed by atoms with Gasteiger partial charge in [-0.25, -0.2) is 0 Å². The van der Waals surface area contributed by atoms with Crippen LogP contribution in [0.4, 0.5) is 0 Å². The Morgan fingerprint density at radius 3 is 2.19 bits per heavy atom. The average molecular weight is 224 g/mol. The molecule has 0 radical (unpaired) electrons. The summed E-state index contributed by atoms with van der Waals surface area (Å²) in [6, 6.07) is 0.745. The summed E-state index contributed by atoms with van der Waals surface area (Å²) in [5.41, 5.74) is 0. The van der Waals surface area contributed by atoms with Gasteiger partial charge in [0.05, 0.1) is 0 Å². The maximum Gasteiger partial charge on any atom is 0.00385 e. The van der Waals surface area contributed by atoms with Gasteiger partial charge in [-0.2, -0.15) is 0 Å². The molecule has 0 aromatic rings. The van der Waals surface area contributed by atoms with Gasteiger partial charge in [-0.3, -0.25) is 0 Å². The number of hydrogen-bond donors (Lipinski definition) is 0. The van der Waals surface area contributed by atoms with Crippen LogP contribution in [0.2, 0.25) is 0 Å². The molecule has 2 fully saturated rings. The lowest BCUT2D eigenvalue weighted by Crippen LogP contribution is -2.50. The normalized spacial score (nSPS) is 26.2. The summed E-state index contributed by atoms with van der Waals surface area (Å²) < 4.78 is 0. The highest BCUT2D eigenvalue weighted by Crippen LogP contribution is 2.24. The molecular formula is C14H28N2. The molecular weight excluding hydrogens is 196 g/mol. The molecule has 0 atom stereocenters. The van der Waals surface area contributed by atoms with Gasteiger partial charge < -0.3 is 9.80 Å². The highest BCUT2D eigenvalue weighted by molar-refractivity contribution is 4.83. The lowest BCUT2D eigenvalue weighted by Gasteiger charge is -2.43. The number of likely N-dealkylation sites (tertiary alicyclic amines) is 2. The van der Waals surface area contributed by atoms with E-state index in [0.29, 0.717) is 0 Å². The third-order valence-electron chi connectivity index (χ3n) is 4.51. The minimum Gasteiger partial charge on any atom is -0.302 e. The quantitative estimate of drug-likeness (QED) is 0.724. The number of rotatable bonds is 4. The summed E-state index contributed by atoms with van der Waals surface area (Å²) in [5.74, 6) is 1.99. The van der Waals surface area contributed by atoms with Crippen LogP contribution < -0.4 is 0 Å². The Morgan fingerprint density at radius 1 is 1.06 bits per heavy atom. The van der Waals surface area contributed by atoms with E-state index in [1.54, 1.807) is 0 Å². The van der Waals surface area contributed by atoms with Crippen LogP contribution in [0.5, 0.6) is 0 Å². The number of nitrogens with zero attached hydrogens (tertiary/aromatic N) is 2. The monoisotopic (exact) mass is 224 g/mol. The third kappa shape index (κ3) is 2.98. The van der Waals surface area contributed by atoms with E-state index in [4.69, 9.17) is 0 Å². The van der Waals surface area contributed by atoms with Crippen LogP contribution in [-0.4, -0.2) is 48.6 Å². The van der Waals surface area contributed by atoms with Crippen molar-refractivity contribution in [1.82, 2.24) is 9.80 Å². The summed E-state index contributed by atoms with van der Waals surface area (Å²) >= 11 is 0. The molecule has 2 aliphatic rings. The molecule has 0 saturated carbocycles. The molecule has 0 aliphatic carbocycles. The lowest BCUT2D eigenvalue weighted by molar-refractivity contribution is 0.0556. The molecule has 16 heavy (non-hydrogen) atoms. The van der Waals surface area contributed by atoms with Gasteiger partial charge >= 0.3 is 0 Å². The van der Waals surface area contributed by atoms with E-state index in [-0.39, 0.29) is 0 Å². The molecule has 0 spiro atoms. The topological polar surface area (TPSA) is 6.48 Å². The van der Waals surface area contributed by atoms with Crippen LogP contribution >= 0.6 is 0 Å². The maximum absolute atomic E-state index is 2.67. The molecule has 0 unspecified atom stereocenters. The minimum absolute atomic E-state index is 0.745. The van der Waals surface area contributed by atoms with E-state index in [0.717, 1.165) is 17.9 Å². The first-order chi connectivity index (χ1) is 7.69. The second kappa shape index (κ2) is 5.50. The van der Waals surface area contributed by atoms with E-state index in [1.807, 2.05) is 0 Å². The Morgan fingerprint density at radius 2 is 1.69 bits per heavy atom. The van der Waals surface area contributed by atoms with Crippen molar-refractivity contribution in [2.75, 3.05) is 32.7 Å². The van der Waals surface area contributed by atoms with Crippen molar-refractivity contribution in [3.05, 3.63) is 0 Å². The summed E-state index contributed by atoms with van der Waals surface area (Å²) in [7, 11) is 0. The SMILES string of the molecule is CCC1CN(CC2CCN(C(C)C)CC2)C1. The van der Waals surface area contributed by atoms with Crippen LogP contribution in [0, 0.1) is 11.8 Å². The molecule has 2 saturated heterocycles. The van der Waals surface area contributed by atoms with Crippen molar-refractivity contribution < 1.29 is 0 Å². The minimum atomic E-state index is 0.745.